The van der Waals surface area contributed by atoms with Crippen LogP contribution in [0, 0.1) is 0 Å². The summed E-state index contributed by atoms with van der Waals surface area (Å²) in [6.07, 6.45) is 0. The number of nitrogens with two attached hydrogens (primary N) is 1. The molecule has 1 aromatic heterocycles. The van der Waals surface area contributed by atoms with Gasteiger partial charge in [-0.3, -0.25) is 4.79 Å². The van der Waals surface area contributed by atoms with Crippen LogP contribution in [0.3, 0.4) is 0 Å². The highest BCUT2D eigenvalue weighted by Crippen LogP contribution is 2.28. The molecule has 1 heterocycles. The van der Waals surface area contributed by atoms with Crippen LogP contribution in [-0.2, 0) is 4.79 Å². The normalized spacial score (nSPS) is 13.4. The summed E-state index contributed by atoms with van der Waals surface area (Å²) >= 11 is 1.29. The maximum absolute atomic E-state index is 12.0. The largest absolute Gasteiger partial charge is 0.431 e. The van der Waals surface area contributed by atoms with Gasteiger partial charge in [-0.05, 0) is 39.8 Å². The Bertz CT molecular complexity index is 631. The lowest BCUT2D eigenvalue weighted by molar-refractivity contribution is -0.121. The molecule has 1 atom stereocenters. The van der Waals surface area contributed by atoms with Crippen LogP contribution in [0.1, 0.15) is 27.7 Å². The van der Waals surface area contributed by atoms with Crippen molar-refractivity contribution < 1.29 is 9.21 Å². The minimum Gasteiger partial charge on any atom is -0.431 e. The molecule has 1 unspecified atom stereocenters. The lowest BCUT2D eigenvalue weighted by Crippen LogP contribution is -2.44. The third-order valence-electron chi connectivity index (χ3n) is 2.54. The molecule has 0 saturated carbocycles. The Balaban J connectivity index is 2.09. The zero-order valence-electron chi connectivity index (χ0n) is 12.1. The first-order chi connectivity index (χ1) is 9.24. The van der Waals surface area contributed by atoms with E-state index >= 15 is 0 Å². The number of rotatable bonds is 3. The van der Waals surface area contributed by atoms with Crippen LogP contribution in [0.2, 0.25) is 0 Å². The van der Waals surface area contributed by atoms with Crippen molar-refractivity contribution in [3.63, 3.8) is 0 Å². The van der Waals surface area contributed by atoms with Crippen LogP contribution in [0.15, 0.2) is 27.8 Å². The van der Waals surface area contributed by atoms with Crippen LogP contribution in [0.5, 0.6) is 0 Å². The average Bonchev–Trinajstić information content (AvgIpc) is 2.67. The van der Waals surface area contributed by atoms with Crippen molar-refractivity contribution in [3.8, 4) is 0 Å². The molecular weight excluding hydrogens is 274 g/mol. The van der Waals surface area contributed by atoms with Gasteiger partial charge in [-0.25, -0.2) is 4.98 Å². The van der Waals surface area contributed by atoms with E-state index in [1.54, 1.807) is 18.2 Å². The monoisotopic (exact) mass is 293 g/mol. The molecule has 108 valence electrons. The molecule has 0 aliphatic heterocycles. The highest BCUT2D eigenvalue weighted by molar-refractivity contribution is 8.00. The number of nitrogens with one attached hydrogen (secondary N) is 1. The lowest BCUT2D eigenvalue weighted by Gasteiger charge is -2.22. The number of anilines is 1. The van der Waals surface area contributed by atoms with Crippen LogP contribution in [0.25, 0.3) is 11.1 Å². The molecular formula is C14H19N3O2S. The number of carbonyl (C=O) groups is 1. The van der Waals surface area contributed by atoms with Crippen molar-refractivity contribution in [3.05, 3.63) is 18.2 Å². The number of thioether (sulfide) groups is 1. The van der Waals surface area contributed by atoms with Crippen molar-refractivity contribution in [2.45, 2.75) is 43.7 Å². The molecule has 0 spiro atoms. The molecule has 1 aromatic carbocycles. The number of oxazole rings is 1. The van der Waals surface area contributed by atoms with Crippen LogP contribution in [0.4, 0.5) is 5.69 Å². The summed E-state index contributed by atoms with van der Waals surface area (Å²) in [5, 5.41) is 3.13. The minimum absolute atomic E-state index is 0.0377. The number of nitrogen functional groups attached to an aromatic ring is 1. The second-order valence-corrected chi connectivity index (χ2v) is 7.00. The molecule has 6 heteroatoms. The zero-order valence-corrected chi connectivity index (χ0v) is 12.9. The van der Waals surface area contributed by atoms with Crippen molar-refractivity contribution >= 4 is 34.5 Å². The molecule has 1 amide bonds. The molecule has 2 aromatic rings. The molecule has 0 saturated heterocycles. The third kappa shape index (κ3) is 3.66. The molecule has 0 radical (unpaired) electrons. The van der Waals surface area contributed by atoms with E-state index < -0.39 is 0 Å². The smallest absolute Gasteiger partial charge is 0.257 e. The Labute approximate surface area is 122 Å². The van der Waals surface area contributed by atoms with Gasteiger partial charge in [0, 0.05) is 17.3 Å². The van der Waals surface area contributed by atoms with Crippen LogP contribution < -0.4 is 11.1 Å². The first kappa shape index (κ1) is 14.7. The number of benzene rings is 1. The predicted octanol–water partition coefficient (Wildman–Crippen LogP) is 2.81. The number of fused-ring (bicyclic) bond motifs is 1. The number of hydrogen-bond acceptors (Lipinski definition) is 5. The highest BCUT2D eigenvalue weighted by atomic mass is 32.2. The molecule has 2 rings (SSSR count). The molecule has 0 fully saturated rings. The van der Waals surface area contributed by atoms with E-state index in [4.69, 9.17) is 10.2 Å². The molecule has 20 heavy (non-hydrogen) atoms. The van der Waals surface area contributed by atoms with Crippen LogP contribution in [-0.4, -0.2) is 21.7 Å². The molecule has 0 aliphatic rings. The Morgan fingerprint density at radius 1 is 1.45 bits per heavy atom. The Hall–Kier alpha value is -1.69. The third-order valence-corrected chi connectivity index (χ3v) is 3.48. The Kier molecular flexibility index (Phi) is 3.94. The van der Waals surface area contributed by atoms with E-state index in [-0.39, 0.29) is 16.7 Å². The SMILES string of the molecule is CC(Sc1nc2ccc(N)cc2o1)C(=O)NC(C)(C)C. The fourth-order valence-electron chi connectivity index (χ4n) is 1.65. The maximum atomic E-state index is 12.0. The first-order valence-corrected chi connectivity index (χ1v) is 7.27. The van der Waals surface area contributed by atoms with Gasteiger partial charge in [0.1, 0.15) is 5.52 Å². The van der Waals surface area contributed by atoms with Crippen molar-refractivity contribution in [1.82, 2.24) is 10.3 Å². The van der Waals surface area contributed by atoms with E-state index in [2.05, 4.69) is 10.3 Å². The fraction of sp³-hybridized carbons (Fsp3) is 0.429. The zero-order chi connectivity index (χ0) is 14.9. The summed E-state index contributed by atoms with van der Waals surface area (Å²) in [4.78, 5) is 16.3. The average molecular weight is 293 g/mol. The maximum Gasteiger partial charge on any atom is 0.257 e. The van der Waals surface area contributed by atoms with Crippen molar-refractivity contribution in [1.29, 1.82) is 0 Å². The number of amides is 1. The first-order valence-electron chi connectivity index (χ1n) is 6.39. The quantitative estimate of drug-likeness (QED) is 0.672. The van der Waals surface area contributed by atoms with Gasteiger partial charge < -0.3 is 15.5 Å². The summed E-state index contributed by atoms with van der Waals surface area (Å²) in [5.74, 6) is -0.0377. The predicted molar refractivity (Wildman–Crippen MR) is 81.6 cm³/mol. The van der Waals surface area contributed by atoms with Crippen molar-refractivity contribution in [2.24, 2.45) is 0 Å². The second-order valence-electron chi connectivity index (χ2n) is 5.71. The van der Waals surface area contributed by atoms with Crippen molar-refractivity contribution in [2.75, 3.05) is 5.73 Å². The van der Waals surface area contributed by atoms with Gasteiger partial charge in [0.25, 0.3) is 5.22 Å². The van der Waals surface area contributed by atoms with Gasteiger partial charge in [0.05, 0.1) is 5.25 Å². The van der Waals surface area contributed by atoms with Gasteiger partial charge in [0.2, 0.25) is 5.91 Å². The number of hydrogen-bond donors (Lipinski definition) is 2. The lowest BCUT2D eigenvalue weighted by atomic mass is 10.1. The summed E-state index contributed by atoms with van der Waals surface area (Å²) in [6.45, 7) is 7.68. The molecule has 0 bridgehead atoms. The van der Waals surface area contributed by atoms with Crippen LogP contribution >= 0.6 is 11.8 Å². The van der Waals surface area contributed by atoms with E-state index in [1.807, 2.05) is 27.7 Å². The number of nitrogens with zero attached hydrogens (tertiary/aromatic N) is 1. The topological polar surface area (TPSA) is 81.2 Å². The van der Waals surface area contributed by atoms with E-state index in [9.17, 15) is 4.79 Å². The summed E-state index contributed by atoms with van der Waals surface area (Å²) < 4.78 is 5.59. The standard InChI is InChI=1S/C14H19N3O2S/c1-8(12(18)17-14(2,3)4)20-13-16-10-6-5-9(15)7-11(10)19-13/h5-8H,15H2,1-4H3,(H,17,18). The van der Waals surface area contributed by atoms with E-state index in [1.165, 1.54) is 11.8 Å². The summed E-state index contributed by atoms with van der Waals surface area (Å²) in [7, 11) is 0. The van der Waals surface area contributed by atoms with Gasteiger partial charge in [-0.2, -0.15) is 0 Å². The minimum atomic E-state index is -0.278. The fourth-order valence-corrected chi connectivity index (χ4v) is 2.40. The number of carbonyl (C=O) groups excluding carboxylic acids is 1. The second kappa shape index (κ2) is 5.36. The summed E-state index contributed by atoms with van der Waals surface area (Å²) in [6, 6.07) is 5.31. The summed E-state index contributed by atoms with van der Waals surface area (Å²) in [5.41, 5.74) is 7.45. The molecule has 3 N–H and O–H groups in total. The molecule has 0 aliphatic carbocycles. The van der Waals surface area contributed by atoms with Gasteiger partial charge in [-0.15, -0.1) is 0 Å². The van der Waals surface area contributed by atoms with Gasteiger partial charge in [0.15, 0.2) is 5.58 Å². The Morgan fingerprint density at radius 2 is 2.15 bits per heavy atom. The van der Waals surface area contributed by atoms with Gasteiger partial charge >= 0.3 is 0 Å². The van der Waals surface area contributed by atoms with Gasteiger partial charge in [-0.1, -0.05) is 11.8 Å². The van der Waals surface area contributed by atoms with E-state index in [0.717, 1.165) is 5.52 Å². The Morgan fingerprint density at radius 3 is 2.80 bits per heavy atom. The van der Waals surface area contributed by atoms with E-state index in [0.29, 0.717) is 16.5 Å². The molecule has 5 nitrogen and oxygen atoms in total. The number of aromatic nitrogens is 1. The highest BCUT2D eigenvalue weighted by Gasteiger charge is 2.22.